The van der Waals surface area contributed by atoms with E-state index in [0.29, 0.717) is 0 Å². The van der Waals surface area contributed by atoms with Crippen molar-refractivity contribution in [2.45, 2.75) is 34.1 Å². The molecule has 0 amide bonds. The lowest BCUT2D eigenvalue weighted by molar-refractivity contribution is 0.240. The van der Waals surface area contributed by atoms with E-state index in [9.17, 15) is 0 Å². The SMILES string of the molecule is CCC(C)C1CSCC1C(C)C. The van der Waals surface area contributed by atoms with Crippen molar-refractivity contribution < 1.29 is 0 Å². The Morgan fingerprint density at radius 2 is 1.75 bits per heavy atom. The molecule has 0 spiro atoms. The average Bonchev–Trinajstić information content (AvgIpc) is 2.50. The van der Waals surface area contributed by atoms with Crippen LogP contribution in [-0.4, -0.2) is 11.5 Å². The maximum Gasteiger partial charge on any atom is -0.00334 e. The second kappa shape index (κ2) is 4.55. The molecule has 0 aromatic rings. The van der Waals surface area contributed by atoms with Gasteiger partial charge in [0, 0.05) is 0 Å². The summed E-state index contributed by atoms with van der Waals surface area (Å²) >= 11 is 2.16. The summed E-state index contributed by atoms with van der Waals surface area (Å²) in [5, 5.41) is 0. The first kappa shape index (κ1) is 10.4. The summed E-state index contributed by atoms with van der Waals surface area (Å²) in [6, 6.07) is 0. The number of rotatable bonds is 3. The molecule has 0 nitrogen and oxygen atoms in total. The molecule has 0 aliphatic carbocycles. The topological polar surface area (TPSA) is 0 Å². The highest BCUT2D eigenvalue weighted by Crippen LogP contribution is 2.39. The predicted octanol–water partition coefficient (Wildman–Crippen LogP) is 3.67. The summed E-state index contributed by atoms with van der Waals surface area (Å²) in [5.74, 6) is 6.64. The number of hydrogen-bond acceptors (Lipinski definition) is 1. The van der Waals surface area contributed by atoms with Crippen LogP contribution in [0.5, 0.6) is 0 Å². The van der Waals surface area contributed by atoms with Crippen molar-refractivity contribution in [2.24, 2.45) is 23.7 Å². The van der Waals surface area contributed by atoms with Crippen LogP contribution < -0.4 is 0 Å². The third-order valence-electron chi connectivity index (χ3n) is 3.40. The Labute approximate surface area is 81.5 Å². The van der Waals surface area contributed by atoms with Gasteiger partial charge in [-0.2, -0.15) is 11.8 Å². The van der Waals surface area contributed by atoms with Gasteiger partial charge in [0.25, 0.3) is 0 Å². The third kappa shape index (κ3) is 2.18. The van der Waals surface area contributed by atoms with E-state index < -0.39 is 0 Å². The number of hydrogen-bond donors (Lipinski definition) is 0. The largest absolute Gasteiger partial charge is 0.161 e. The van der Waals surface area contributed by atoms with E-state index in [-0.39, 0.29) is 0 Å². The lowest BCUT2D eigenvalue weighted by Gasteiger charge is -2.26. The first-order valence-corrected chi connectivity index (χ1v) is 6.40. The maximum atomic E-state index is 2.42. The van der Waals surface area contributed by atoms with Gasteiger partial charge in [-0.15, -0.1) is 0 Å². The molecule has 3 unspecified atom stereocenters. The minimum Gasteiger partial charge on any atom is -0.161 e. The van der Waals surface area contributed by atoms with Gasteiger partial charge in [-0.25, -0.2) is 0 Å². The van der Waals surface area contributed by atoms with Crippen molar-refractivity contribution in [1.29, 1.82) is 0 Å². The molecule has 1 saturated heterocycles. The molecule has 72 valence electrons. The highest BCUT2D eigenvalue weighted by Gasteiger charge is 2.32. The van der Waals surface area contributed by atoms with Crippen molar-refractivity contribution in [3.63, 3.8) is 0 Å². The van der Waals surface area contributed by atoms with Gasteiger partial charge in [0.2, 0.25) is 0 Å². The highest BCUT2D eigenvalue weighted by atomic mass is 32.2. The van der Waals surface area contributed by atoms with Crippen LogP contribution in [0.3, 0.4) is 0 Å². The van der Waals surface area contributed by atoms with E-state index in [0.717, 1.165) is 23.7 Å². The molecule has 1 fully saturated rings. The lowest BCUT2D eigenvalue weighted by Crippen LogP contribution is -2.23. The maximum absolute atomic E-state index is 2.42. The van der Waals surface area contributed by atoms with Crippen LogP contribution in [0.25, 0.3) is 0 Å². The van der Waals surface area contributed by atoms with Crippen molar-refractivity contribution in [1.82, 2.24) is 0 Å². The smallest absolute Gasteiger partial charge is 0.00334 e. The fraction of sp³-hybridized carbons (Fsp3) is 1.00. The Bertz CT molecular complexity index is 131. The zero-order valence-corrected chi connectivity index (χ0v) is 9.66. The summed E-state index contributed by atoms with van der Waals surface area (Å²) in [5.41, 5.74) is 0. The van der Waals surface area contributed by atoms with Crippen LogP contribution in [0, 0.1) is 23.7 Å². The quantitative estimate of drug-likeness (QED) is 0.648. The van der Waals surface area contributed by atoms with E-state index in [4.69, 9.17) is 0 Å². The first-order valence-electron chi connectivity index (χ1n) is 5.24. The molecule has 0 aromatic carbocycles. The van der Waals surface area contributed by atoms with Crippen LogP contribution in [0.1, 0.15) is 34.1 Å². The molecular weight excluding hydrogens is 164 g/mol. The van der Waals surface area contributed by atoms with E-state index >= 15 is 0 Å². The third-order valence-corrected chi connectivity index (χ3v) is 4.64. The van der Waals surface area contributed by atoms with Crippen molar-refractivity contribution in [2.75, 3.05) is 11.5 Å². The standard InChI is InChI=1S/C11H22S/c1-5-9(4)11-7-12-6-10(11)8(2)3/h8-11H,5-7H2,1-4H3. The Morgan fingerprint density at radius 3 is 2.25 bits per heavy atom. The molecule has 0 aromatic heterocycles. The lowest BCUT2D eigenvalue weighted by atomic mass is 9.78. The average molecular weight is 186 g/mol. The summed E-state index contributed by atoms with van der Waals surface area (Å²) < 4.78 is 0. The van der Waals surface area contributed by atoms with Gasteiger partial charge in [-0.05, 0) is 35.2 Å². The van der Waals surface area contributed by atoms with Crippen molar-refractivity contribution in [3.05, 3.63) is 0 Å². The van der Waals surface area contributed by atoms with Gasteiger partial charge in [0.15, 0.2) is 0 Å². The molecule has 0 radical (unpaired) electrons. The van der Waals surface area contributed by atoms with Gasteiger partial charge in [0.1, 0.15) is 0 Å². The Morgan fingerprint density at radius 1 is 1.17 bits per heavy atom. The van der Waals surface area contributed by atoms with Gasteiger partial charge >= 0.3 is 0 Å². The molecule has 1 heteroatoms. The van der Waals surface area contributed by atoms with Crippen LogP contribution in [0.4, 0.5) is 0 Å². The first-order chi connectivity index (χ1) is 5.66. The summed E-state index contributed by atoms with van der Waals surface area (Å²) in [6.45, 7) is 9.51. The molecule has 0 bridgehead atoms. The van der Waals surface area contributed by atoms with Crippen LogP contribution in [-0.2, 0) is 0 Å². The Kier molecular flexibility index (Phi) is 3.95. The van der Waals surface area contributed by atoms with Crippen LogP contribution in [0.15, 0.2) is 0 Å². The molecule has 0 saturated carbocycles. The second-order valence-electron chi connectivity index (χ2n) is 4.49. The van der Waals surface area contributed by atoms with E-state index in [2.05, 4.69) is 39.5 Å². The van der Waals surface area contributed by atoms with E-state index in [1.54, 1.807) is 0 Å². The molecule has 3 atom stereocenters. The van der Waals surface area contributed by atoms with Gasteiger partial charge in [0.05, 0.1) is 0 Å². The molecular formula is C11H22S. The molecule has 1 aliphatic rings. The van der Waals surface area contributed by atoms with E-state index in [1.807, 2.05) is 0 Å². The Hall–Kier alpha value is 0.350. The fourth-order valence-corrected chi connectivity index (χ4v) is 4.05. The van der Waals surface area contributed by atoms with Crippen LogP contribution >= 0.6 is 11.8 Å². The van der Waals surface area contributed by atoms with Gasteiger partial charge < -0.3 is 0 Å². The zero-order valence-electron chi connectivity index (χ0n) is 8.84. The fourth-order valence-electron chi connectivity index (χ4n) is 2.16. The second-order valence-corrected chi connectivity index (χ2v) is 5.57. The summed E-state index contributed by atoms with van der Waals surface area (Å²) in [4.78, 5) is 0. The molecule has 12 heavy (non-hydrogen) atoms. The van der Waals surface area contributed by atoms with Gasteiger partial charge in [-0.3, -0.25) is 0 Å². The number of thioether (sulfide) groups is 1. The summed E-state index contributed by atoms with van der Waals surface area (Å²) in [6.07, 6.45) is 1.36. The predicted molar refractivity (Wildman–Crippen MR) is 58.6 cm³/mol. The van der Waals surface area contributed by atoms with Crippen molar-refractivity contribution in [3.8, 4) is 0 Å². The molecule has 1 aliphatic heterocycles. The molecule has 0 N–H and O–H groups in total. The zero-order chi connectivity index (χ0) is 9.14. The van der Waals surface area contributed by atoms with Crippen molar-refractivity contribution >= 4 is 11.8 Å². The van der Waals surface area contributed by atoms with Crippen LogP contribution in [0.2, 0.25) is 0 Å². The highest BCUT2D eigenvalue weighted by molar-refractivity contribution is 7.99. The van der Waals surface area contributed by atoms with E-state index in [1.165, 1.54) is 17.9 Å². The molecule has 1 heterocycles. The normalized spacial score (nSPS) is 32.8. The minimum atomic E-state index is 0.888. The minimum absolute atomic E-state index is 0.888. The van der Waals surface area contributed by atoms with Gasteiger partial charge in [-0.1, -0.05) is 34.1 Å². The Balaban J connectivity index is 2.51. The monoisotopic (exact) mass is 186 g/mol. The summed E-state index contributed by atoms with van der Waals surface area (Å²) in [7, 11) is 0. The molecule has 1 rings (SSSR count).